The summed E-state index contributed by atoms with van der Waals surface area (Å²) in [6.07, 6.45) is 3.08. The Labute approximate surface area is 100 Å². The van der Waals surface area contributed by atoms with Crippen LogP contribution in [0.5, 0.6) is 5.75 Å². The fraction of sp³-hybridized carbons (Fsp3) is 0.538. The first-order valence-corrected chi connectivity index (χ1v) is 5.95. The highest BCUT2D eigenvalue weighted by molar-refractivity contribution is 5.33. The summed E-state index contributed by atoms with van der Waals surface area (Å²) in [6, 6.07) is 4.54. The van der Waals surface area contributed by atoms with Crippen LogP contribution in [-0.4, -0.2) is 23.4 Å². The number of halogens is 1. The van der Waals surface area contributed by atoms with E-state index in [1.165, 1.54) is 6.07 Å². The molecule has 2 rings (SSSR count). The van der Waals surface area contributed by atoms with Gasteiger partial charge in [-0.2, -0.15) is 0 Å². The van der Waals surface area contributed by atoms with Crippen LogP contribution in [0.2, 0.25) is 0 Å². The molecule has 0 amide bonds. The minimum Gasteiger partial charge on any atom is -0.505 e. The van der Waals surface area contributed by atoms with Gasteiger partial charge in [0.2, 0.25) is 0 Å². The maximum atomic E-state index is 13.1. The number of para-hydroxylation sites is 1. The van der Waals surface area contributed by atoms with Gasteiger partial charge in [0.15, 0.2) is 11.6 Å². The second-order valence-corrected chi connectivity index (χ2v) is 4.82. The fourth-order valence-electron chi connectivity index (χ4n) is 2.09. The normalized spacial score (nSPS) is 17.1. The Balaban J connectivity index is 1.84. The first-order valence-electron chi connectivity index (χ1n) is 5.95. The summed E-state index contributed by atoms with van der Waals surface area (Å²) < 4.78 is 13.1. The molecule has 4 heteroatoms. The largest absolute Gasteiger partial charge is 0.505 e. The third kappa shape index (κ3) is 2.96. The van der Waals surface area contributed by atoms with Gasteiger partial charge >= 0.3 is 0 Å². The molecule has 0 spiro atoms. The number of aliphatic hydroxyl groups is 1. The maximum absolute atomic E-state index is 13.1. The van der Waals surface area contributed by atoms with Crippen molar-refractivity contribution < 1.29 is 14.6 Å². The number of hydrogen-bond acceptors (Lipinski definition) is 3. The Hall–Kier alpha value is -1.13. The summed E-state index contributed by atoms with van der Waals surface area (Å²) in [5.41, 5.74) is 0.808. The number of aromatic hydroxyl groups is 1. The molecule has 0 radical (unpaired) electrons. The Morgan fingerprint density at radius 3 is 2.76 bits per heavy atom. The number of aliphatic hydroxyl groups excluding tert-OH is 1. The van der Waals surface area contributed by atoms with Gasteiger partial charge in [-0.25, -0.2) is 4.39 Å². The van der Waals surface area contributed by atoms with E-state index in [0.29, 0.717) is 12.1 Å². The molecular formula is C13H18FNO2. The van der Waals surface area contributed by atoms with Crippen LogP contribution in [0.1, 0.15) is 24.8 Å². The summed E-state index contributed by atoms with van der Waals surface area (Å²) >= 11 is 0. The van der Waals surface area contributed by atoms with Gasteiger partial charge in [0.1, 0.15) is 0 Å². The average molecular weight is 239 g/mol. The van der Waals surface area contributed by atoms with E-state index >= 15 is 0 Å². The van der Waals surface area contributed by atoms with Crippen molar-refractivity contribution in [3.8, 4) is 5.75 Å². The SMILES string of the molecule is OCCC1(CNCc2cccc(F)c2O)CC1. The number of phenols is 1. The molecule has 1 saturated carbocycles. The van der Waals surface area contributed by atoms with Gasteiger partial charge < -0.3 is 15.5 Å². The molecule has 0 heterocycles. The van der Waals surface area contributed by atoms with Crippen LogP contribution < -0.4 is 5.32 Å². The van der Waals surface area contributed by atoms with Gasteiger partial charge in [-0.3, -0.25) is 0 Å². The number of phenolic OH excluding ortho intramolecular Hbond substituents is 1. The van der Waals surface area contributed by atoms with Crippen LogP contribution in [0.3, 0.4) is 0 Å². The zero-order chi connectivity index (χ0) is 12.3. The van der Waals surface area contributed by atoms with Crippen LogP contribution >= 0.6 is 0 Å². The molecular weight excluding hydrogens is 221 g/mol. The summed E-state index contributed by atoms with van der Waals surface area (Å²) in [5.74, 6) is -0.854. The van der Waals surface area contributed by atoms with Crippen molar-refractivity contribution in [3.05, 3.63) is 29.6 Å². The molecule has 0 aromatic heterocycles. The second kappa shape index (κ2) is 5.02. The number of nitrogens with one attached hydrogen (secondary N) is 1. The van der Waals surface area contributed by atoms with E-state index in [-0.39, 0.29) is 17.8 Å². The third-order valence-electron chi connectivity index (χ3n) is 3.49. The van der Waals surface area contributed by atoms with Crippen molar-refractivity contribution in [1.29, 1.82) is 0 Å². The Kier molecular flexibility index (Phi) is 3.64. The maximum Gasteiger partial charge on any atom is 0.165 e. The van der Waals surface area contributed by atoms with E-state index in [2.05, 4.69) is 5.32 Å². The van der Waals surface area contributed by atoms with Gasteiger partial charge in [0, 0.05) is 25.3 Å². The molecule has 1 aliphatic rings. The topological polar surface area (TPSA) is 52.5 Å². The van der Waals surface area contributed by atoms with Crippen molar-refractivity contribution in [1.82, 2.24) is 5.32 Å². The predicted octanol–water partition coefficient (Wildman–Crippen LogP) is 1.78. The molecule has 0 saturated heterocycles. The smallest absolute Gasteiger partial charge is 0.165 e. The summed E-state index contributed by atoms with van der Waals surface area (Å²) in [6.45, 7) is 1.48. The lowest BCUT2D eigenvalue weighted by atomic mass is 10.0. The minimum absolute atomic E-state index is 0.215. The highest BCUT2D eigenvalue weighted by Crippen LogP contribution is 2.47. The van der Waals surface area contributed by atoms with Gasteiger partial charge in [-0.15, -0.1) is 0 Å². The molecule has 3 N–H and O–H groups in total. The minimum atomic E-state index is -0.583. The van der Waals surface area contributed by atoms with E-state index in [9.17, 15) is 9.50 Å². The van der Waals surface area contributed by atoms with Crippen molar-refractivity contribution in [2.45, 2.75) is 25.8 Å². The van der Waals surface area contributed by atoms with E-state index in [0.717, 1.165) is 25.8 Å². The van der Waals surface area contributed by atoms with Gasteiger partial charge in [0.25, 0.3) is 0 Å². The van der Waals surface area contributed by atoms with Crippen LogP contribution in [0.4, 0.5) is 4.39 Å². The summed E-state index contributed by atoms with van der Waals surface area (Å²) in [7, 11) is 0. The Morgan fingerprint density at radius 2 is 2.12 bits per heavy atom. The predicted molar refractivity (Wildman–Crippen MR) is 63.1 cm³/mol. The van der Waals surface area contributed by atoms with Crippen LogP contribution in [0.25, 0.3) is 0 Å². The molecule has 17 heavy (non-hydrogen) atoms. The molecule has 0 bridgehead atoms. The first-order chi connectivity index (χ1) is 8.17. The highest BCUT2D eigenvalue weighted by atomic mass is 19.1. The molecule has 1 aliphatic carbocycles. The molecule has 1 aromatic rings. The fourth-order valence-corrected chi connectivity index (χ4v) is 2.09. The zero-order valence-electron chi connectivity index (χ0n) is 9.75. The van der Waals surface area contributed by atoms with Crippen molar-refractivity contribution in [3.63, 3.8) is 0 Å². The molecule has 1 fully saturated rings. The quantitative estimate of drug-likeness (QED) is 0.709. The van der Waals surface area contributed by atoms with Crippen molar-refractivity contribution in [2.75, 3.05) is 13.2 Å². The molecule has 1 aromatic carbocycles. The van der Waals surface area contributed by atoms with Crippen molar-refractivity contribution in [2.24, 2.45) is 5.41 Å². The van der Waals surface area contributed by atoms with Crippen LogP contribution in [-0.2, 0) is 6.54 Å². The number of hydrogen-bond donors (Lipinski definition) is 3. The van der Waals surface area contributed by atoms with E-state index in [1.54, 1.807) is 12.1 Å². The average Bonchev–Trinajstić information content (AvgIpc) is 3.05. The lowest BCUT2D eigenvalue weighted by Gasteiger charge is -2.15. The number of rotatable bonds is 6. The molecule has 0 aliphatic heterocycles. The zero-order valence-corrected chi connectivity index (χ0v) is 9.75. The molecule has 94 valence electrons. The Morgan fingerprint density at radius 1 is 1.35 bits per heavy atom. The monoisotopic (exact) mass is 239 g/mol. The van der Waals surface area contributed by atoms with Crippen LogP contribution in [0, 0.1) is 11.2 Å². The van der Waals surface area contributed by atoms with Gasteiger partial charge in [0.05, 0.1) is 0 Å². The number of benzene rings is 1. The van der Waals surface area contributed by atoms with Crippen molar-refractivity contribution >= 4 is 0 Å². The first kappa shape index (κ1) is 12.3. The molecule has 0 atom stereocenters. The Bertz CT molecular complexity index is 391. The standard InChI is InChI=1S/C13H18FNO2/c14-11-3-1-2-10(12(11)17)8-15-9-13(4-5-13)6-7-16/h1-3,15-17H,4-9H2. The lowest BCUT2D eigenvalue weighted by molar-refractivity contribution is 0.245. The molecule has 0 unspecified atom stereocenters. The van der Waals surface area contributed by atoms with Gasteiger partial charge in [-0.1, -0.05) is 12.1 Å². The van der Waals surface area contributed by atoms with E-state index < -0.39 is 5.82 Å². The summed E-state index contributed by atoms with van der Waals surface area (Å²) in [4.78, 5) is 0. The second-order valence-electron chi connectivity index (χ2n) is 4.82. The third-order valence-corrected chi connectivity index (χ3v) is 3.49. The van der Waals surface area contributed by atoms with Crippen LogP contribution in [0.15, 0.2) is 18.2 Å². The highest BCUT2D eigenvalue weighted by Gasteiger charge is 2.41. The summed E-state index contributed by atoms with van der Waals surface area (Å²) in [5, 5.41) is 21.6. The van der Waals surface area contributed by atoms with Gasteiger partial charge in [-0.05, 0) is 30.7 Å². The molecule has 3 nitrogen and oxygen atoms in total. The lowest BCUT2D eigenvalue weighted by Crippen LogP contribution is -2.24. The van der Waals surface area contributed by atoms with E-state index in [4.69, 9.17) is 5.11 Å². The van der Waals surface area contributed by atoms with E-state index in [1.807, 2.05) is 0 Å².